The highest BCUT2D eigenvalue weighted by Crippen LogP contribution is 2.27. The van der Waals surface area contributed by atoms with Gasteiger partial charge in [-0.3, -0.25) is 4.79 Å². The standard InChI is InChI=1S/C13H14BFO/c1-8(2)11-5-4-10(15)6-12(11)9(3)13(14)7-16/h4-8H,1-3H3/b13-9+. The molecule has 0 saturated heterocycles. The maximum Gasteiger partial charge on any atom is 0.136 e. The zero-order valence-electron chi connectivity index (χ0n) is 9.75. The zero-order valence-corrected chi connectivity index (χ0v) is 9.75. The van der Waals surface area contributed by atoms with E-state index in [1.807, 2.05) is 13.8 Å². The van der Waals surface area contributed by atoms with Crippen molar-refractivity contribution in [3.05, 3.63) is 40.6 Å². The Morgan fingerprint density at radius 3 is 2.56 bits per heavy atom. The molecule has 1 aromatic rings. The molecule has 0 aliphatic rings. The molecule has 0 atom stereocenters. The fourth-order valence-electron chi connectivity index (χ4n) is 1.60. The quantitative estimate of drug-likeness (QED) is 0.431. The number of carbonyl (C=O) groups is 1. The third-order valence-corrected chi connectivity index (χ3v) is 2.60. The van der Waals surface area contributed by atoms with Gasteiger partial charge >= 0.3 is 0 Å². The van der Waals surface area contributed by atoms with E-state index in [9.17, 15) is 9.18 Å². The summed E-state index contributed by atoms with van der Waals surface area (Å²) >= 11 is 0. The summed E-state index contributed by atoms with van der Waals surface area (Å²) in [5.74, 6) is -0.0672. The first-order valence-corrected chi connectivity index (χ1v) is 5.18. The van der Waals surface area contributed by atoms with Crippen LogP contribution in [0, 0.1) is 5.82 Å². The van der Waals surface area contributed by atoms with Crippen molar-refractivity contribution in [1.82, 2.24) is 0 Å². The molecule has 0 heterocycles. The van der Waals surface area contributed by atoms with E-state index in [2.05, 4.69) is 0 Å². The molecule has 2 radical (unpaired) electrons. The molecule has 0 aliphatic heterocycles. The van der Waals surface area contributed by atoms with Gasteiger partial charge in [-0.25, -0.2) is 4.39 Å². The molecule has 0 aromatic heterocycles. The Bertz CT molecular complexity index is 436. The Balaban J connectivity index is 3.41. The Morgan fingerprint density at radius 2 is 2.06 bits per heavy atom. The van der Waals surface area contributed by atoms with Crippen molar-refractivity contribution in [3.8, 4) is 0 Å². The van der Waals surface area contributed by atoms with Crippen molar-refractivity contribution in [2.75, 3.05) is 0 Å². The predicted octanol–water partition coefficient (Wildman–Crippen LogP) is 3.05. The van der Waals surface area contributed by atoms with Gasteiger partial charge in [-0.2, -0.15) is 0 Å². The number of hydrogen-bond donors (Lipinski definition) is 0. The number of carbonyl (C=O) groups excluding carboxylic acids is 1. The van der Waals surface area contributed by atoms with Crippen molar-refractivity contribution >= 4 is 19.7 Å². The molecule has 0 unspecified atom stereocenters. The van der Waals surface area contributed by atoms with Crippen LogP contribution in [-0.2, 0) is 4.79 Å². The van der Waals surface area contributed by atoms with E-state index in [1.54, 1.807) is 13.0 Å². The van der Waals surface area contributed by atoms with Gasteiger partial charge in [-0.05, 0) is 41.7 Å². The Kier molecular flexibility index (Phi) is 4.05. The molecule has 0 saturated carbocycles. The summed E-state index contributed by atoms with van der Waals surface area (Å²) in [5, 5.41) is 0. The van der Waals surface area contributed by atoms with Crippen LogP contribution in [0.25, 0.3) is 5.57 Å². The van der Waals surface area contributed by atoms with E-state index >= 15 is 0 Å². The van der Waals surface area contributed by atoms with Gasteiger partial charge in [0.15, 0.2) is 0 Å². The van der Waals surface area contributed by atoms with E-state index in [1.165, 1.54) is 12.1 Å². The lowest BCUT2D eigenvalue weighted by atomic mass is 9.85. The molecule has 0 N–H and O–H groups in total. The highest BCUT2D eigenvalue weighted by Gasteiger charge is 2.10. The first-order chi connectivity index (χ1) is 7.47. The van der Waals surface area contributed by atoms with Gasteiger partial charge in [0.25, 0.3) is 0 Å². The van der Waals surface area contributed by atoms with Gasteiger partial charge in [0.05, 0.1) is 0 Å². The number of benzene rings is 1. The molecule has 1 rings (SSSR count). The first kappa shape index (κ1) is 12.7. The summed E-state index contributed by atoms with van der Waals surface area (Å²) in [4.78, 5) is 10.6. The molecular weight excluding hydrogens is 202 g/mol. The lowest BCUT2D eigenvalue weighted by molar-refractivity contribution is -0.104. The van der Waals surface area contributed by atoms with Crippen LogP contribution in [0.15, 0.2) is 23.7 Å². The van der Waals surface area contributed by atoms with Gasteiger partial charge in [0, 0.05) is 0 Å². The minimum Gasteiger partial charge on any atom is -0.299 e. The van der Waals surface area contributed by atoms with Crippen LogP contribution in [0.5, 0.6) is 0 Å². The highest BCUT2D eigenvalue weighted by atomic mass is 19.1. The van der Waals surface area contributed by atoms with Crippen LogP contribution in [0.2, 0.25) is 0 Å². The second-order valence-electron chi connectivity index (χ2n) is 4.08. The molecule has 0 fully saturated rings. The molecule has 1 aromatic carbocycles. The molecule has 1 nitrogen and oxygen atoms in total. The van der Waals surface area contributed by atoms with Crippen LogP contribution >= 0.6 is 0 Å². The van der Waals surface area contributed by atoms with Crippen molar-refractivity contribution in [3.63, 3.8) is 0 Å². The molecule has 0 aliphatic carbocycles. The average molecular weight is 216 g/mol. The fourth-order valence-corrected chi connectivity index (χ4v) is 1.60. The number of halogens is 1. The summed E-state index contributed by atoms with van der Waals surface area (Å²) in [6.07, 6.45) is 0.588. The molecule has 82 valence electrons. The van der Waals surface area contributed by atoms with E-state index in [4.69, 9.17) is 7.85 Å². The third-order valence-electron chi connectivity index (χ3n) is 2.60. The normalized spacial score (nSPS) is 12.6. The van der Waals surface area contributed by atoms with Crippen LogP contribution in [0.3, 0.4) is 0 Å². The van der Waals surface area contributed by atoms with Gasteiger partial charge in [-0.15, -0.1) is 0 Å². The van der Waals surface area contributed by atoms with Crippen molar-refractivity contribution < 1.29 is 9.18 Å². The highest BCUT2D eigenvalue weighted by molar-refractivity contribution is 6.35. The lowest BCUT2D eigenvalue weighted by Crippen LogP contribution is -1.98. The summed E-state index contributed by atoms with van der Waals surface area (Å²) in [5.41, 5.74) is 2.47. The van der Waals surface area contributed by atoms with Gasteiger partial charge < -0.3 is 0 Å². The summed E-state index contributed by atoms with van der Waals surface area (Å²) in [6, 6.07) is 4.57. The maximum absolute atomic E-state index is 13.2. The number of rotatable bonds is 3. The second-order valence-corrected chi connectivity index (χ2v) is 4.08. The zero-order chi connectivity index (χ0) is 12.3. The number of hydrogen-bond acceptors (Lipinski definition) is 1. The van der Waals surface area contributed by atoms with Gasteiger partial charge in [-0.1, -0.05) is 25.4 Å². The minimum atomic E-state index is -0.322. The smallest absolute Gasteiger partial charge is 0.136 e. The first-order valence-electron chi connectivity index (χ1n) is 5.18. The molecular formula is C13H14BFO. The number of allylic oxidation sites excluding steroid dienone is 2. The van der Waals surface area contributed by atoms with Crippen molar-refractivity contribution in [2.45, 2.75) is 26.7 Å². The summed E-state index contributed by atoms with van der Waals surface area (Å²) in [7, 11) is 5.56. The second kappa shape index (κ2) is 5.11. The van der Waals surface area contributed by atoms with Crippen molar-refractivity contribution in [1.29, 1.82) is 0 Å². The molecule has 0 bridgehead atoms. The monoisotopic (exact) mass is 216 g/mol. The molecule has 0 amide bonds. The molecule has 3 heteroatoms. The van der Waals surface area contributed by atoms with Crippen LogP contribution in [0.1, 0.15) is 37.8 Å². The maximum atomic E-state index is 13.2. The lowest BCUT2D eigenvalue weighted by Gasteiger charge is -2.14. The SMILES string of the molecule is [B]/C(C=O)=C(\C)c1cc(F)ccc1C(C)C. The Labute approximate surface area is 96.8 Å². The van der Waals surface area contributed by atoms with E-state index in [0.29, 0.717) is 17.4 Å². The van der Waals surface area contributed by atoms with E-state index in [0.717, 1.165) is 5.56 Å². The largest absolute Gasteiger partial charge is 0.299 e. The van der Waals surface area contributed by atoms with Crippen LogP contribution < -0.4 is 0 Å². The predicted molar refractivity (Wildman–Crippen MR) is 64.9 cm³/mol. The summed E-state index contributed by atoms with van der Waals surface area (Å²) < 4.78 is 13.2. The Hall–Kier alpha value is -1.38. The van der Waals surface area contributed by atoms with E-state index < -0.39 is 0 Å². The topological polar surface area (TPSA) is 17.1 Å². The molecule has 0 spiro atoms. The van der Waals surface area contributed by atoms with Crippen LogP contribution in [0.4, 0.5) is 4.39 Å². The minimum absolute atomic E-state index is 0.146. The fraction of sp³-hybridized carbons (Fsp3) is 0.308. The van der Waals surface area contributed by atoms with Gasteiger partial charge in [0.2, 0.25) is 0 Å². The number of aldehydes is 1. The summed E-state index contributed by atoms with van der Waals surface area (Å²) in [6.45, 7) is 5.76. The van der Waals surface area contributed by atoms with Gasteiger partial charge in [0.1, 0.15) is 19.9 Å². The third kappa shape index (κ3) is 2.60. The Morgan fingerprint density at radius 1 is 1.44 bits per heavy atom. The molecule has 16 heavy (non-hydrogen) atoms. The average Bonchev–Trinajstić information content (AvgIpc) is 2.26. The van der Waals surface area contributed by atoms with Crippen molar-refractivity contribution in [2.24, 2.45) is 0 Å². The van der Waals surface area contributed by atoms with E-state index in [-0.39, 0.29) is 17.2 Å². The van der Waals surface area contributed by atoms with Crippen LogP contribution in [-0.4, -0.2) is 14.1 Å².